The van der Waals surface area contributed by atoms with Crippen LogP contribution in [-0.2, 0) is 5.88 Å². The third kappa shape index (κ3) is 3.08. The summed E-state index contributed by atoms with van der Waals surface area (Å²) in [7, 11) is 0. The van der Waals surface area contributed by atoms with E-state index in [4.69, 9.17) is 27.9 Å². The van der Waals surface area contributed by atoms with Crippen LogP contribution in [0.3, 0.4) is 0 Å². The maximum absolute atomic E-state index is 12.9. The predicted molar refractivity (Wildman–Crippen MR) is 65.3 cm³/mol. The van der Waals surface area contributed by atoms with Gasteiger partial charge < -0.3 is 4.74 Å². The van der Waals surface area contributed by atoms with E-state index in [0.717, 1.165) is 5.56 Å². The summed E-state index contributed by atoms with van der Waals surface area (Å²) >= 11 is 11.6. The van der Waals surface area contributed by atoms with Crippen LogP contribution in [0.4, 0.5) is 4.39 Å². The highest BCUT2D eigenvalue weighted by atomic mass is 35.5. The molecule has 1 aromatic heterocycles. The minimum absolute atomic E-state index is 0.228. The molecule has 0 bridgehead atoms. The summed E-state index contributed by atoms with van der Waals surface area (Å²) in [5.41, 5.74) is 0.795. The zero-order valence-corrected chi connectivity index (χ0v) is 10.2. The molecule has 0 unspecified atom stereocenters. The van der Waals surface area contributed by atoms with Crippen molar-refractivity contribution < 1.29 is 9.13 Å². The maximum Gasteiger partial charge on any atom is 0.238 e. The Morgan fingerprint density at radius 1 is 1.29 bits per heavy atom. The van der Waals surface area contributed by atoms with Crippen molar-refractivity contribution in [1.29, 1.82) is 0 Å². The van der Waals surface area contributed by atoms with E-state index >= 15 is 0 Å². The van der Waals surface area contributed by atoms with Gasteiger partial charge in [-0.05, 0) is 23.8 Å². The number of alkyl halides is 1. The molecule has 0 N–H and O–H groups in total. The molecule has 5 heteroatoms. The SMILES string of the molecule is Fc1cccc(Oc2ncc(CCl)cc2Cl)c1. The zero-order chi connectivity index (χ0) is 12.3. The molecule has 0 aliphatic heterocycles. The van der Waals surface area contributed by atoms with Gasteiger partial charge in [0, 0.05) is 18.1 Å². The lowest BCUT2D eigenvalue weighted by Crippen LogP contribution is -1.91. The average Bonchev–Trinajstić information content (AvgIpc) is 2.32. The first kappa shape index (κ1) is 12.1. The lowest BCUT2D eigenvalue weighted by molar-refractivity contribution is 0.458. The fourth-order valence-electron chi connectivity index (χ4n) is 1.26. The van der Waals surface area contributed by atoms with Gasteiger partial charge in [-0.2, -0.15) is 0 Å². The highest BCUT2D eigenvalue weighted by Gasteiger charge is 2.06. The number of hydrogen-bond donors (Lipinski definition) is 0. The maximum atomic E-state index is 12.9. The molecule has 0 radical (unpaired) electrons. The van der Waals surface area contributed by atoms with Crippen LogP contribution < -0.4 is 4.74 Å². The van der Waals surface area contributed by atoms with Crippen molar-refractivity contribution in [2.75, 3.05) is 0 Å². The number of pyridine rings is 1. The minimum Gasteiger partial charge on any atom is -0.437 e. The molecular formula is C12H8Cl2FNO. The van der Waals surface area contributed by atoms with Crippen molar-refractivity contribution in [3.05, 3.63) is 52.9 Å². The Hall–Kier alpha value is -1.32. The van der Waals surface area contributed by atoms with Crippen LogP contribution in [-0.4, -0.2) is 4.98 Å². The van der Waals surface area contributed by atoms with E-state index in [0.29, 0.717) is 16.7 Å². The van der Waals surface area contributed by atoms with Crippen LogP contribution in [0, 0.1) is 5.82 Å². The third-order valence-corrected chi connectivity index (χ3v) is 2.61. The lowest BCUT2D eigenvalue weighted by atomic mass is 10.3. The summed E-state index contributed by atoms with van der Waals surface area (Å²) in [6.07, 6.45) is 1.56. The summed E-state index contributed by atoms with van der Waals surface area (Å²) in [5.74, 6) is 0.521. The largest absolute Gasteiger partial charge is 0.437 e. The van der Waals surface area contributed by atoms with Crippen molar-refractivity contribution in [3.63, 3.8) is 0 Å². The molecular weight excluding hydrogens is 264 g/mol. The molecule has 0 fully saturated rings. The molecule has 0 spiro atoms. The molecule has 0 aliphatic carbocycles. The van der Waals surface area contributed by atoms with E-state index in [1.807, 2.05) is 0 Å². The van der Waals surface area contributed by atoms with E-state index in [1.54, 1.807) is 24.4 Å². The molecule has 2 rings (SSSR count). The van der Waals surface area contributed by atoms with Crippen LogP contribution in [0.5, 0.6) is 11.6 Å². The first-order valence-corrected chi connectivity index (χ1v) is 5.74. The van der Waals surface area contributed by atoms with Crippen molar-refractivity contribution in [3.8, 4) is 11.6 Å². The van der Waals surface area contributed by atoms with Gasteiger partial charge in [-0.15, -0.1) is 11.6 Å². The van der Waals surface area contributed by atoms with E-state index in [-0.39, 0.29) is 11.7 Å². The highest BCUT2D eigenvalue weighted by Crippen LogP contribution is 2.28. The van der Waals surface area contributed by atoms with Gasteiger partial charge in [0.1, 0.15) is 16.6 Å². The molecule has 17 heavy (non-hydrogen) atoms. The standard InChI is InChI=1S/C12H8Cl2FNO/c13-6-8-4-11(14)12(16-7-8)17-10-3-1-2-9(15)5-10/h1-5,7H,6H2. The Labute approximate surface area is 108 Å². The molecule has 0 saturated carbocycles. The fraction of sp³-hybridized carbons (Fsp3) is 0.0833. The first-order chi connectivity index (χ1) is 8.19. The Kier molecular flexibility index (Phi) is 3.82. The summed E-state index contributed by atoms with van der Waals surface area (Å²) < 4.78 is 18.3. The minimum atomic E-state index is -0.379. The highest BCUT2D eigenvalue weighted by molar-refractivity contribution is 6.32. The number of nitrogens with zero attached hydrogens (tertiary/aromatic N) is 1. The second kappa shape index (κ2) is 5.34. The number of rotatable bonds is 3. The molecule has 0 saturated heterocycles. The van der Waals surface area contributed by atoms with Crippen molar-refractivity contribution in [2.45, 2.75) is 5.88 Å². The van der Waals surface area contributed by atoms with Crippen LogP contribution in [0.25, 0.3) is 0 Å². The van der Waals surface area contributed by atoms with E-state index in [1.165, 1.54) is 12.1 Å². The molecule has 2 aromatic rings. The smallest absolute Gasteiger partial charge is 0.238 e. The number of benzene rings is 1. The fourth-order valence-corrected chi connectivity index (χ4v) is 1.63. The van der Waals surface area contributed by atoms with Gasteiger partial charge >= 0.3 is 0 Å². The third-order valence-electron chi connectivity index (χ3n) is 2.03. The van der Waals surface area contributed by atoms with Crippen LogP contribution in [0.1, 0.15) is 5.56 Å². The van der Waals surface area contributed by atoms with Gasteiger partial charge in [-0.3, -0.25) is 0 Å². The molecule has 2 nitrogen and oxygen atoms in total. The first-order valence-electron chi connectivity index (χ1n) is 4.83. The van der Waals surface area contributed by atoms with Gasteiger partial charge in [-0.25, -0.2) is 9.37 Å². The normalized spacial score (nSPS) is 10.3. The Morgan fingerprint density at radius 3 is 2.76 bits per heavy atom. The monoisotopic (exact) mass is 271 g/mol. The van der Waals surface area contributed by atoms with Gasteiger partial charge in [0.15, 0.2) is 0 Å². The lowest BCUT2D eigenvalue weighted by Gasteiger charge is -2.07. The summed E-state index contributed by atoms with van der Waals surface area (Å²) in [5, 5.41) is 0.340. The Bertz CT molecular complexity index is 534. The second-order valence-corrected chi connectivity index (χ2v) is 4.00. The van der Waals surface area contributed by atoms with Crippen LogP contribution in [0.2, 0.25) is 5.02 Å². The number of ether oxygens (including phenoxy) is 1. The summed E-state index contributed by atoms with van der Waals surface area (Å²) in [6, 6.07) is 7.42. The van der Waals surface area contributed by atoms with Crippen LogP contribution >= 0.6 is 23.2 Å². The van der Waals surface area contributed by atoms with Gasteiger partial charge in [0.05, 0.1) is 0 Å². The van der Waals surface area contributed by atoms with Crippen molar-refractivity contribution in [1.82, 2.24) is 4.98 Å². The average molecular weight is 272 g/mol. The quantitative estimate of drug-likeness (QED) is 0.772. The molecule has 88 valence electrons. The second-order valence-electron chi connectivity index (χ2n) is 3.32. The van der Waals surface area contributed by atoms with Gasteiger partial charge in [-0.1, -0.05) is 17.7 Å². The van der Waals surface area contributed by atoms with E-state index < -0.39 is 0 Å². The van der Waals surface area contributed by atoms with E-state index in [9.17, 15) is 4.39 Å². The molecule has 1 heterocycles. The van der Waals surface area contributed by atoms with Crippen molar-refractivity contribution >= 4 is 23.2 Å². The number of halogens is 3. The topological polar surface area (TPSA) is 22.1 Å². The molecule has 0 aliphatic rings. The molecule has 0 atom stereocenters. The van der Waals surface area contributed by atoms with Gasteiger partial charge in [0.2, 0.25) is 5.88 Å². The molecule has 1 aromatic carbocycles. The van der Waals surface area contributed by atoms with E-state index in [2.05, 4.69) is 4.98 Å². The molecule has 0 amide bonds. The van der Waals surface area contributed by atoms with Gasteiger partial charge in [0.25, 0.3) is 0 Å². The number of hydrogen-bond acceptors (Lipinski definition) is 2. The predicted octanol–water partition coefficient (Wildman–Crippen LogP) is 4.41. The van der Waals surface area contributed by atoms with Crippen molar-refractivity contribution in [2.24, 2.45) is 0 Å². The summed E-state index contributed by atoms with van der Waals surface area (Å²) in [4.78, 5) is 4.01. The van der Waals surface area contributed by atoms with Crippen LogP contribution in [0.15, 0.2) is 36.5 Å². The Balaban J connectivity index is 2.24. The zero-order valence-electron chi connectivity index (χ0n) is 8.66. The summed E-state index contributed by atoms with van der Waals surface area (Å²) in [6.45, 7) is 0. The number of aromatic nitrogens is 1. The Morgan fingerprint density at radius 2 is 2.12 bits per heavy atom.